The van der Waals surface area contributed by atoms with Crippen LogP contribution in [-0.4, -0.2) is 64.3 Å². The molecule has 0 amide bonds. The normalized spacial score (nSPS) is 43.9. The Morgan fingerprint density at radius 3 is 2.29 bits per heavy atom. The first-order valence-electron chi connectivity index (χ1n) is 4.54. The lowest BCUT2D eigenvalue weighted by Gasteiger charge is -2.39. The van der Waals surface area contributed by atoms with Crippen LogP contribution >= 0.6 is 0 Å². The Balaban J connectivity index is 2.63. The number of aliphatic hydroxyl groups excluding tert-OH is 4. The monoisotopic (exact) mass is 208 g/mol. The second kappa shape index (κ2) is 5.01. The van der Waals surface area contributed by atoms with Gasteiger partial charge in [-0.15, -0.1) is 0 Å². The topological polar surface area (TPSA) is 99.4 Å². The summed E-state index contributed by atoms with van der Waals surface area (Å²) in [6.07, 6.45) is -5.89. The lowest BCUT2D eigenvalue weighted by Crippen LogP contribution is -2.59. The van der Waals surface area contributed by atoms with Crippen LogP contribution in [0.15, 0.2) is 0 Å². The zero-order valence-electron chi connectivity index (χ0n) is 7.91. The van der Waals surface area contributed by atoms with Crippen molar-refractivity contribution in [3.63, 3.8) is 0 Å². The summed E-state index contributed by atoms with van der Waals surface area (Å²) < 4.78 is 10.0. The molecule has 0 aromatic heterocycles. The van der Waals surface area contributed by atoms with E-state index in [2.05, 4.69) is 0 Å². The summed E-state index contributed by atoms with van der Waals surface area (Å²) in [6.45, 7) is 1.58. The van der Waals surface area contributed by atoms with E-state index in [1.54, 1.807) is 6.92 Å². The molecule has 0 aromatic rings. The highest BCUT2D eigenvalue weighted by molar-refractivity contribution is 4.88. The first-order valence-corrected chi connectivity index (χ1v) is 4.54. The summed E-state index contributed by atoms with van der Waals surface area (Å²) >= 11 is 0. The molecule has 14 heavy (non-hydrogen) atoms. The van der Waals surface area contributed by atoms with Crippen LogP contribution < -0.4 is 0 Å². The van der Waals surface area contributed by atoms with Gasteiger partial charge >= 0.3 is 0 Å². The molecule has 5 unspecified atom stereocenters. The molecule has 5 atom stereocenters. The minimum atomic E-state index is -1.36. The van der Waals surface area contributed by atoms with E-state index >= 15 is 0 Å². The number of rotatable bonds is 3. The van der Waals surface area contributed by atoms with Crippen LogP contribution in [0.4, 0.5) is 0 Å². The van der Waals surface area contributed by atoms with Gasteiger partial charge in [-0.05, 0) is 6.92 Å². The molecule has 1 aliphatic rings. The van der Waals surface area contributed by atoms with Crippen molar-refractivity contribution < 1.29 is 29.9 Å². The maximum Gasteiger partial charge on any atom is 0.186 e. The second-order valence-corrected chi connectivity index (χ2v) is 3.15. The third-order valence-electron chi connectivity index (χ3n) is 2.18. The standard InChI is InChI=1S/C8H16O6/c1-2-13-8-7(12)6(11)5(10)4(3-9)14-8/h4-12H,2-3H2,1H3. The van der Waals surface area contributed by atoms with Crippen LogP contribution in [0.2, 0.25) is 0 Å². The second-order valence-electron chi connectivity index (χ2n) is 3.15. The minimum Gasteiger partial charge on any atom is -0.394 e. The van der Waals surface area contributed by atoms with Crippen LogP contribution in [0.3, 0.4) is 0 Å². The largest absolute Gasteiger partial charge is 0.394 e. The molecule has 6 heteroatoms. The van der Waals surface area contributed by atoms with E-state index in [1.165, 1.54) is 0 Å². The Morgan fingerprint density at radius 2 is 1.79 bits per heavy atom. The molecule has 0 bridgehead atoms. The van der Waals surface area contributed by atoms with Gasteiger partial charge in [0.25, 0.3) is 0 Å². The van der Waals surface area contributed by atoms with Crippen LogP contribution in [-0.2, 0) is 9.47 Å². The summed E-state index contributed by atoms with van der Waals surface area (Å²) in [5.74, 6) is 0. The van der Waals surface area contributed by atoms with E-state index in [9.17, 15) is 15.3 Å². The van der Waals surface area contributed by atoms with Crippen molar-refractivity contribution in [1.82, 2.24) is 0 Å². The summed E-state index contributed by atoms with van der Waals surface area (Å²) in [6, 6.07) is 0. The first kappa shape index (κ1) is 11.8. The van der Waals surface area contributed by atoms with Crippen molar-refractivity contribution in [1.29, 1.82) is 0 Å². The summed E-state index contributed by atoms with van der Waals surface area (Å²) in [4.78, 5) is 0. The fraction of sp³-hybridized carbons (Fsp3) is 1.00. The molecule has 1 rings (SSSR count). The minimum absolute atomic E-state index is 0.308. The molecule has 1 saturated heterocycles. The smallest absolute Gasteiger partial charge is 0.186 e. The van der Waals surface area contributed by atoms with Gasteiger partial charge in [0, 0.05) is 6.61 Å². The summed E-state index contributed by atoms with van der Waals surface area (Å²) in [7, 11) is 0. The molecule has 6 nitrogen and oxygen atoms in total. The van der Waals surface area contributed by atoms with E-state index in [0.717, 1.165) is 0 Å². The van der Waals surface area contributed by atoms with E-state index in [1.807, 2.05) is 0 Å². The number of hydrogen-bond donors (Lipinski definition) is 4. The summed E-state index contributed by atoms with van der Waals surface area (Å²) in [5, 5.41) is 36.9. The number of ether oxygens (including phenoxy) is 2. The average Bonchev–Trinajstić information content (AvgIpc) is 2.19. The van der Waals surface area contributed by atoms with Gasteiger partial charge in [-0.3, -0.25) is 0 Å². The van der Waals surface area contributed by atoms with Gasteiger partial charge in [-0.25, -0.2) is 0 Å². The Kier molecular flexibility index (Phi) is 4.24. The summed E-state index contributed by atoms with van der Waals surface area (Å²) in [5.41, 5.74) is 0. The van der Waals surface area contributed by atoms with Crippen LogP contribution in [0.5, 0.6) is 0 Å². The van der Waals surface area contributed by atoms with Crippen molar-refractivity contribution in [3.05, 3.63) is 0 Å². The van der Waals surface area contributed by atoms with E-state index in [-0.39, 0.29) is 0 Å². The fourth-order valence-corrected chi connectivity index (χ4v) is 1.37. The number of aliphatic hydroxyl groups is 4. The third-order valence-corrected chi connectivity index (χ3v) is 2.18. The highest BCUT2D eigenvalue weighted by atomic mass is 16.7. The van der Waals surface area contributed by atoms with Crippen molar-refractivity contribution in [2.45, 2.75) is 37.6 Å². The SMILES string of the molecule is CCOC1OC(CO)C(O)C(O)C1O. The Hall–Kier alpha value is -0.240. The van der Waals surface area contributed by atoms with Gasteiger partial charge < -0.3 is 29.9 Å². The first-order chi connectivity index (χ1) is 6.61. The van der Waals surface area contributed by atoms with Crippen molar-refractivity contribution in [2.75, 3.05) is 13.2 Å². The molecule has 0 spiro atoms. The Labute approximate surface area is 81.7 Å². The van der Waals surface area contributed by atoms with E-state index < -0.39 is 37.3 Å². The number of hydrogen-bond acceptors (Lipinski definition) is 6. The predicted molar refractivity (Wildman–Crippen MR) is 45.4 cm³/mol. The molecule has 1 aliphatic heterocycles. The molecule has 1 fully saturated rings. The fourth-order valence-electron chi connectivity index (χ4n) is 1.37. The quantitative estimate of drug-likeness (QED) is 0.421. The molecule has 1 heterocycles. The highest BCUT2D eigenvalue weighted by Gasteiger charge is 2.43. The zero-order chi connectivity index (χ0) is 10.7. The van der Waals surface area contributed by atoms with Crippen LogP contribution in [0.1, 0.15) is 6.92 Å². The van der Waals surface area contributed by atoms with Crippen molar-refractivity contribution in [2.24, 2.45) is 0 Å². The molecule has 0 radical (unpaired) electrons. The lowest BCUT2D eigenvalue weighted by atomic mass is 9.99. The molecular formula is C8H16O6. The van der Waals surface area contributed by atoms with Crippen molar-refractivity contribution >= 4 is 0 Å². The van der Waals surface area contributed by atoms with Crippen molar-refractivity contribution in [3.8, 4) is 0 Å². The van der Waals surface area contributed by atoms with Gasteiger partial charge in [0.15, 0.2) is 6.29 Å². The third kappa shape index (κ3) is 2.22. The average molecular weight is 208 g/mol. The molecule has 0 aliphatic carbocycles. The van der Waals surface area contributed by atoms with E-state index in [0.29, 0.717) is 6.61 Å². The Bertz CT molecular complexity index is 171. The molecule has 0 aromatic carbocycles. The van der Waals surface area contributed by atoms with Gasteiger partial charge in [0.2, 0.25) is 0 Å². The van der Waals surface area contributed by atoms with Gasteiger partial charge in [0.1, 0.15) is 24.4 Å². The molecule has 0 saturated carbocycles. The molecule has 4 N–H and O–H groups in total. The Morgan fingerprint density at radius 1 is 1.14 bits per heavy atom. The molecular weight excluding hydrogens is 192 g/mol. The predicted octanol–water partition coefficient (Wildman–Crippen LogP) is -2.18. The van der Waals surface area contributed by atoms with E-state index in [4.69, 9.17) is 14.6 Å². The highest BCUT2D eigenvalue weighted by Crippen LogP contribution is 2.21. The molecule has 84 valence electrons. The maximum atomic E-state index is 9.41. The maximum absolute atomic E-state index is 9.41. The van der Waals surface area contributed by atoms with Crippen LogP contribution in [0.25, 0.3) is 0 Å². The van der Waals surface area contributed by atoms with Gasteiger partial charge in [-0.1, -0.05) is 0 Å². The van der Waals surface area contributed by atoms with Gasteiger partial charge in [-0.2, -0.15) is 0 Å². The van der Waals surface area contributed by atoms with Crippen LogP contribution in [0, 0.1) is 0 Å². The zero-order valence-corrected chi connectivity index (χ0v) is 7.91. The van der Waals surface area contributed by atoms with Gasteiger partial charge in [0.05, 0.1) is 6.61 Å². The lowest BCUT2D eigenvalue weighted by molar-refractivity contribution is -0.300.